The molecule has 1 rings (SSSR count). The molecule has 0 aliphatic rings. The smallest absolute Gasteiger partial charge is 0.304 e. The van der Waals surface area contributed by atoms with E-state index in [0.29, 0.717) is 18.7 Å². The number of aliphatic carboxylic acids is 1. The molecule has 108 valence electrons. The van der Waals surface area contributed by atoms with Gasteiger partial charge in [0.05, 0.1) is 18.1 Å². The topological polar surface area (TPSA) is 64.3 Å². The second kappa shape index (κ2) is 6.49. The number of halogens is 1. The maximum Gasteiger partial charge on any atom is 0.304 e. The number of carbonyl (C=O) groups is 1. The van der Waals surface area contributed by atoms with Crippen molar-refractivity contribution in [2.45, 2.75) is 39.3 Å². The van der Waals surface area contributed by atoms with Gasteiger partial charge >= 0.3 is 5.97 Å². The average molecular weight is 278 g/mol. The molecule has 1 aromatic rings. The molecule has 0 amide bonds. The molecule has 4 nitrogen and oxygen atoms in total. The van der Waals surface area contributed by atoms with Crippen LogP contribution in [0.15, 0.2) is 18.2 Å². The molecule has 0 heterocycles. The third kappa shape index (κ3) is 4.98. The molecule has 5 heteroatoms. The lowest BCUT2D eigenvalue weighted by atomic mass is 10.0. The van der Waals surface area contributed by atoms with Crippen molar-refractivity contribution >= 4 is 5.97 Å². The monoisotopic (exact) mass is 278 g/mol. The van der Waals surface area contributed by atoms with Crippen LogP contribution in [0.1, 0.15) is 38.3 Å². The van der Waals surface area contributed by atoms with Gasteiger partial charge < -0.3 is 5.11 Å². The minimum atomic E-state index is -0.865. The Morgan fingerprint density at radius 2 is 2.05 bits per heavy atom. The highest BCUT2D eigenvalue weighted by Gasteiger charge is 2.22. The van der Waals surface area contributed by atoms with Crippen molar-refractivity contribution in [3.63, 3.8) is 0 Å². The maximum atomic E-state index is 13.4. The molecule has 0 saturated heterocycles. The summed E-state index contributed by atoms with van der Waals surface area (Å²) in [6.45, 7) is 6.69. The molecule has 0 atom stereocenters. The molecule has 0 aliphatic carbocycles. The van der Waals surface area contributed by atoms with E-state index < -0.39 is 11.8 Å². The van der Waals surface area contributed by atoms with E-state index >= 15 is 0 Å². The Bertz CT molecular complexity index is 530. The number of nitrogens with zero attached hydrogens (tertiary/aromatic N) is 2. The van der Waals surface area contributed by atoms with Crippen molar-refractivity contribution in [2.75, 3.05) is 6.54 Å². The van der Waals surface area contributed by atoms with Crippen LogP contribution in [0.3, 0.4) is 0 Å². The standard InChI is InChI=1S/C15H19FN2O2/c1-15(2,3)18(5-4-14(19)20)10-12-6-11(9-17)7-13(16)8-12/h6-8H,4-5,10H2,1-3H3,(H,19,20). The van der Waals surface area contributed by atoms with Crippen molar-refractivity contribution in [2.24, 2.45) is 0 Å². The lowest BCUT2D eigenvalue weighted by molar-refractivity contribution is -0.137. The van der Waals surface area contributed by atoms with E-state index in [1.807, 2.05) is 31.7 Å². The molecule has 0 aliphatic heterocycles. The van der Waals surface area contributed by atoms with Crippen molar-refractivity contribution in [3.8, 4) is 6.07 Å². The first kappa shape index (κ1) is 16.1. The number of benzene rings is 1. The minimum absolute atomic E-state index is 0.0255. The predicted octanol–water partition coefficient (Wildman–Crippen LogP) is 2.77. The van der Waals surface area contributed by atoms with Gasteiger partial charge in [0, 0.05) is 18.6 Å². The van der Waals surface area contributed by atoms with Crippen LogP contribution in [0.5, 0.6) is 0 Å². The number of hydrogen-bond donors (Lipinski definition) is 1. The third-order valence-electron chi connectivity index (χ3n) is 3.00. The lowest BCUT2D eigenvalue weighted by Gasteiger charge is -2.35. The lowest BCUT2D eigenvalue weighted by Crippen LogP contribution is -2.42. The van der Waals surface area contributed by atoms with Gasteiger partial charge in [0.2, 0.25) is 0 Å². The normalized spacial score (nSPS) is 11.4. The number of hydrogen-bond acceptors (Lipinski definition) is 3. The van der Waals surface area contributed by atoms with E-state index in [-0.39, 0.29) is 17.5 Å². The third-order valence-corrected chi connectivity index (χ3v) is 3.00. The van der Waals surface area contributed by atoms with Gasteiger partial charge in [-0.1, -0.05) is 0 Å². The van der Waals surface area contributed by atoms with E-state index in [1.165, 1.54) is 12.1 Å². The van der Waals surface area contributed by atoms with Gasteiger partial charge in [-0.2, -0.15) is 5.26 Å². The average Bonchev–Trinajstić information content (AvgIpc) is 2.32. The second-order valence-electron chi connectivity index (χ2n) is 5.70. The van der Waals surface area contributed by atoms with Gasteiger partial charge in [0.25, 0.3) is 0 Å². The van der Waals surface area contributed by atoms with Crippen LogP contribution in [-0.2, 0) is 11.3 Å². The molecule has 0 fully saturated rings. The van der Waals surface area contributed by atoms with E-state index in [4.69, 9.17) is 10.4 Å². The summed E-state index contributed by atoms with van der Waals surface area (Å²) in [6, 6.07) is 6.10. The van der Waals surface area contributed by atoms with Crippen LogP contribution in [0.25, 0.3) is 0 Å². The Morgan fingerprint density at radius 3 is 2.55 bits per heavy atom. The zero-order valence-corrected chi connectivity index (χ0v) is 12.0. The Hall–Kier alpha value is -1.93. The zero-order chi connectivity index (χ0) is 15.3. The van der Waals surface area contributed by atoms with Crippen LogP contribution >= 0.6 is 0 Å². The number of rotatable bonds is 5. The van der Waals surface area contributed by atoms with Gasteiger partial charge in [-0.15, -0.1) is 0 Å². The summed E-state index contributed by atoms with van der Waals surface area (Å²) in [6.07, 6.45) is 0.0255. The fourth-order valence-electron chi connectivity index (χ4n) is 1.91. The van der Waals surface area contributed by atoms with Crippen molar-refractivity contribution in [1.82, 2.24) is 4.90 Å². The highest BCUT2D eigenvalue weighted by molar-refractivity contribution is 5.66. The second-order valence-corrected chi connectivity index (χ2v) is 5.70. The molecule has 0 unspecified atom stereocenters. The fraction of sp³-hybridized carbons (Fsp3) is 0.467. The first-order valence-electron chi connectivity index (χ1n) is 6.39. The molecule has 0 aromatic heterocycles. The van der Waals surface area contributed by atoms with Crippen molar-refractivity contribution < 1.29 is 14.3 Å². The van der Waals surface area contributed by atoms with Crippen molar-refractivity contribution in [3.05, 3.63) is 35.1 Å². The largest absolute Gasteiger partial charge is 0.481 e. The Morgan fingerprint density at radius 1 is 1.40 bits per heavy atom. The molecular weight excluding hydrogens is 259 g/mol. The van der Waals surface area contributed by atoms with Crippen LogP contribution in [0.4, 0.5) is 4.39 Å². The van der Waals surface area contributed by atoms with Crippen molar-refractivity contribution in [1.29, 1.82) is 5.26 Å². The molecule has 0 radical (unpaired) electrons. The number of carboxylic acid groups (broad SMARTS) is 1. The molecule has 0 spiro atoms. The first-order chi connectivity index (χ1) is 9.22. The molecule has 0 saturated carbocycles. The summed E-state index contributed by atoms with van der Waals surface area (Å²) in [7, 11) is 0. The molecule has 1 aromatic carbocycles. The van der Waals surface area contributed by atoms with Crippen LogP contribution in [0.2, 0.25) is 0 Å². The summed E-state index contributed by atoms with van der Waals surface area (Å²) < 4.78 is 13.4. The first-order valence-corrected chi connectivity index (χ1v) is 6.39. The summed E-state index contributed by atoms with van der Waals surface area (Å²) >= 11 is 0. The van der Waals surface area contributed by atoms with Crippen LogP contribution in [-0.4, -0.2) is 28.1 Å². The molecule has 0 bridgehead atoms. The number of nitriles is 1. The SMILES string of the molecule is CC(C)(C)N(CCC(=O)O)Cc1cc(F)cc(C#N)c1. The Labute approximate surface area is 118 Å². The maximum absolute atomic E-state index is 13.4. The van der Waals surface area contributed by atoms with Crippen LogP contribution in [0, 0.1) is 17.1 Å². The van der Waals surface area contributed by atoms with Gasteiger partial charge in [-0.3, -0.25) is 9.69 Å². The summed E-state index contributed by atoms with van der Waals surface area (Å²) in [5.74, 6) is -1.32. The molecular formula is C15H19FN2O2. The fourth-order valence-corrected chi connectivity index (χ4v) is 1.91. The highest BCUT2D eigenvalue weighted by atomic mass is 19.1. The summed E-state index contributed by atoms with van der Waals surface area (Å²) in [4.78, 5) is 12.7. The van der Waals surface area contributed by atoms with E-state index in [1.54, 1.807) is 6.07 Å². The Kier molecular flexibility index (Phi) is 5.23. The quantitative estimate of drug-likeness (QED) is 0.899. The Balaban J connectivity index is 2.92. The summed E-state index contributed by atoms with van der Waals surface area (Å²) in [5, 5.41) is 17.6. The predicted molar refractivity (Wildman–Crippen MR) is 73.5 cm³/mol. The van der Waals surface area contributed by atoms with Gasteiger partial charge in [-0.05, 0) is 44.5 Å². The van der Waals surface area contributed by atoms with Gasteiger partial charge in [0.1, 0.15) is 5.82 Å². The van der Waals surface area contributed by atoms with Gasteiger partial charge in [-0.25, -0.2) is 4.39 Å². The molecule has 1 N–H and O–H groups in total. The van der Waals surface area contributed by atoms with E-state index in [0.717, 1.165) is 0 Å². The van der Waals surface area contributed by atoms with Gasteiger partial charge in [0.15, 0.2) is 0 Å². The molecule has 20 heavy (non-hydrogen) atoms. The van der Waals surface area contributed by atoms with E-state index in [2.05, 4.69) is 0 Å². The summed E-state index contributed by atoms with van der Waals surface area (Å²) in [5.41, 5.74) is 0.697. The van der Waals surface area contributed by atoms with E-state index in [9.17, 15) is 9.18 Å². The zero-order valence-electron chi connectivity index (χ0n) is 12.0. The number of carboxylic acids is 1. The van der Waals surface area contributed by atoms with Crippen LogP contribution < -0.4 is 0 Å². The highest BCUT2D eigenvalue weighted by Crippen LogP contribution is 2.19. The minimum Gasteiger partial charge on any atom is -0.481 e.